The smallest absolute Gasteiger partial charge is 0.251 e. The normalized spacial score (nSPS) is 14.1. The number of imidazole rings is 1. The van der Waals surface area contributed by atoms with Gasteiger partial charge in [-0.1, -0.05) is 19.9 Å². The van der Waals surface area contributed by atoms with Crippen molar-refractivity contribution in [3.8, 4) is 0 Å². The van der Waals surface area contributed by atoms with E-state index < -0.39 is 10.0 Å². The number of rotatable bonds is 7. The molecule has 152 valence electrons. The van der Waals surface area contributed by atoms with E-state index in [9.17, 15) is 13.2 Å². The fourth-order valence-corrected chi connectivity index (χ4v) is 5.26. The van der Waals surface area contributed by atoms with E-state index >= 15 is 0 Å². The van der Waals surface area contributed by atoms with Crippen LogP contribution in [0, 0.1) is 6.92 Å². The van der Waals surface area contributed by atoms with Gasteiger partial charge in [-0.2, -0.15) is 4.31 Å². The Morgan fingerprint density at radius 1 is 1.25 bits per heavy atom. The molecule has 0 bridgehead atoms. The van der Waals surface area contributed by atoms with Crippen molar-refractivity contribution in [2.75, 3.05) is 13.1 Å². The first-order chi connectivity index (χ1) is 13.4. The van der Waals surface area contributed by atoms with Gasteiger partial charge in [-0.25, -0.2) is 13.4 Å². The van der Waals surface area contributed by atoms with Gasteiger partial charge in [0.2, 0.25) is 10.0 Å². The molecule has 0 spiro atoms. The van der Waals surface area contributed by atoms with E-state index in [1.165, 1.54) is 10.4 Å². The van der Waals surface area contributed by atoms with Crippen molar-refractivity contribution < 1.29 is 13.2 Å². The number of sulfonamides is 1. The summed E-state index contributed by atoms with van der Waals surface area (Å²) in [4.78, 5) is 17.4. The van der Waals surface area contributed by atoms with Gasteiger partial charge >= 0.3 is 0 Å². The van der Waals surface area contributed by atoms with Crippen molar-refractivity contribution in [2.24, 2.45) is 0 Å². The van der Waals surface area contributed by atoms with E-state index in [1.807, 2.05) is 6.20 Å². The van der Waals surface area contributed by atoms with Crippen molar-refractivity contribution in [1.29, 1.82) is 0 Å². The number of amides is 1. The van der Waals surface area contributed by atoms with Crippen LogP contribution in [0.4, 0.5) is 0 Å². The fraction of sp³-hybridized carbons (Fsp3) is 0.500. The van der Waals surface area contributed by atoms with E-state index in [-0.39, 0.29) is 10.8 Å². The van der Waals surface area contributed by atoms with Crippen LogP contribution in [0.3, 0.4) is 0 Å². The molecule has 7 nitrogen and oxygen atoms in total. The Morgan fingerprint density at radius 2 is 2.00 bits per heavy atom. The highest BCUT2D eigenvalue weighted by Crippen LogP contribution is 2.21. The molecular weight excluding hydrogens is 376 g/mol. The topological polar surface area (TPSA) is 84.3 Å². The second-order valence-corrected chi connectivity index (χ2v) is 8.96. The lowest BCUT2D eigenvalue weighted by Gasteiger charge is -2.20. The van der Waals surface area contributed by atoms with Crippen molar-refractivity contribution in [3.63, 3.8) is 0 Å². The SMILES string of the molecule is CCN(CC)S(=O)(=O)c1cc(C(=O)NCc2cn3c(n2)CCCC3)ccc1C. The molecule has 1 aromatic carbocycles. The molecular formula is C20H28N4O3S. The summed E-state index contributed by atoms with van der Waals surface area (Å²) in [5, 5.41) is 2.86. The molecule has 2 heterocycles. The van der Waals surface area contributed by atoms with Crippen molar-refractivity contribution in [2.45, 2.75) is 58.0 Å². The molecule has 0 unspecified atom stereocenters. The quantitative estimate of drug-likeness (QED) is 0.768. The minimum absolute atomic E-state index is 0.182. The third-order valence-corrected chi connectivity index (χ3v) is 7.35. The second-order valence-electron chi connectivity index (χ2n) is 7.05. The maximum atomic E-state index is 12.9. The summed E-state index contributed by atoms with van der Waals surface area (Å²) in [5.74, 6) is 0.764. The van der Waals surface area contributed by atoms with Crippen LogP contribution in [0.25, 0.3) is 0 Å². The van der Waals surface area contributed by atoms with Crippen molar-refractivity contribution in [1.82, 2.24) is 19.2 Å². The molecule has 0 fully saturated rings. The van der Waals surface area contributed by atoms with Gasteiger partial charge in [0.05, 0.1) is 17.1 Å². The second kappa shape index (κ2) is 8.45. The molecule has 8 heteroatoms. The molecule has 1 aromatic heterocycles. The molecule has 1 aliphatic rings. The summed E-state index contributed by atoms with van der Waals surface area (Å²) < 4.78 is 29.3. The Hall–Kier alpha value is -2.19. The molecule has 3 rings (SSSR count). The van der Waals surface area contributed by atoms with Gasteiger partial charge < -0.3 is 9.88 Å². The lowest BCUT2D eigenvalue weighted by atomic mass is 10.1. The molecule has 0 atom stereocenters. The van der Waals surface area contributed by atoms with Crippen LogP contribution in [0.5, 0.6) is 0 Å². The van der Waals surface area contributed by atoms with Gasteiger partial charge in [0.25, 0.3) is 5.91 Å². The van der Waals surface area contributed by atoms with Crippen LogP contribution >= 0.6 is 0 Å². The molecule has 0 saturated carbocycles. The number of fused-ring (bicyclic) bond motifs is 1. The highest BCUT2D eigenvalue weighted by molar-refractivity contribution is 7.89. The lowest BCUT2D eigenvalue weighted by molar-refractivity contribution is 0.0950. The van der Waals surface area contributed by atoms with E-state index in [1.54, 1.807) is 32.9 Å². The van der Waals surface area contributed by atoms with Gasteiger partial charge in [0.1, 0.15) is 5.82 Å². The standard InChI is InChI=1S/C20H28N4O3S/c1-4-24(5-2)28(26,27)18-12-16(10-9-15(18)3)20(25)21-13-17-14-23-11-7-6-8-19(23)22-17/h9-10,12,14H,4-8,11,13H2,1-3H3,(H,21,25). The molecule has 2 aromatic rings. The van der Waals surface area contributed by atoms with Crippen LogP contribution in [-0.2, 0) is 29.5 Å². The summed E-state index contributed by atoms with van der Waals surface area (Å²) in [6.07, 6.45) is 5.26. The lowest BCUT2D eigenvalue weighted by Crippen LogP contribution is -2.31. The summed E-state index contributed by atoms with van der Waals surface area (Å²) in [7, 11) is -3.62. The Morgan fingerprint density at radius 3 is 2.68 bits per heavy atom. The number of nitrogens with one attached hydrogen (secondary N) is 1. The van der Waals surface area contributed by atoms with Crippen LogP contribution in [0.1, 0.15) is 54.1 Å². The zero-order valence-corrected chi connectivity index (χ0v) is 17.6. The molecule has 0 radical (unpaired) electrons. The molecule has 0 aliphatic carbocycles. The first-order valence-corrected chi connectivity index (χ1v) is 11.2. The van der Waals surface area contributed by atoms with Crippen molar-refractivity contribution >= 4 is 15.9 Å². The van der Waals surface area contributed by atoms with Crippen LogP contribution in [0.2, 0.25) is 0 Å². The average molecular weight is 405 g/mol. The molecule has 1 amide bonds. The first-order valence-electron chi connectivity index (χ1n) is 9.80. The summed E-state index contributed by atoms with van der Waals surface area (Å²) >= 11 is 0. The van der Waals surface area contributed by atoms with Crippen molar-refractivity contribution in [3.05, 3.63) is 47.0 Å². The van der Waals surface area contributed by atoms with Crippen LogP contribution in [-0.4, -0.2) is 41.3 Å². The number of hydrogen-bond donors (Lipinski definition) is 1. The highest BCUT2D eigenvalue weighted by Gasteiger charge is 2.24. The predicted molar refractivity (Wildman–Crippen MR) is 108 cm³/mol. The zero-order chi connectivity index (χ0) is 20.3. The van der Waals surface area contributed by atoms with E-state index in [2.05, 4.69) is 14.9 Å². The Bertz CT molecular complexity index is 938. The number of carbonyl (C=O) groups is 1. The third-order valence-electron chi connectivity index (χ3n) is 5.16. The largest absolute Gasteiger partial charge is 0.346 e. The van der Waals surface area contributed by atoms with Gasteiger partial charge in [0, 0.05) is 37.8 Å². The first kappa shape index (κ1) is 20.5. The summed E-state index contributed by atoms with van der Waals surface area (Å²) in [5.41, 5.74) is 1.79. The summed E-state index contributed by atoms with van der Waals surface area (Å²) in [6.45, 7) is 7.42. The number of aryl methyl sites for hydroxylation is 3. The minimum atomic E-state index is -3.62. The average Bonchev–Trinajstić information content (AvgIpc) is 3.10. The Labute approximate surface area is 166 Å². The van der Waals surface area contributed by atoms with Gasteiger partial charge in [-0.05, 0) is 37.5 Å². The van der Waals surface area contributed by atoms with Gasteiger partial charge in [0.15, 0.2) is 0 Å². The maximum absolute atomic E-state index is 12.9. The van der Waals surface area contributed by atoms with Crippen LogP contribution < -0.4 is 5.32 Å². The number of nitrogens with zero attached hydrogens (tertiary/aromatic N) is 3. The van der Waals surface area contributed by atoms with Gasteiger partial charge in [-0.3, -0.25) is 4.79 Å². The fourth-order valence-electron chi connectivity index (χ4n) is 3.55. The molecule has 1 aliphatic heterocycles. The monoisotopic (exact) mass is 404 g/mol. The summed E-state index contributed by atoms with van der Waals surface area (Å²) in [6, 6.07) is 4.81. The highest BCUT2D eigenvalue weighted by atomic mass is 32.2. The minimum Gasteiger partial charge on any atom is -0.346 e. The Kier molecular flexibility index (Phi) is 6.20. The predicted octanol–water partition coefficient (Wildman–Crippen LogP) is 2.49. The number of aromatic nitrogens is 2. The Balaban J connectivity index is 1.76. The number of benzene rings is 1. The number of carbonyl (C=O) groups excluding carboxylic acids is 1. The number of hydrogen-bond acceptors (Lipinski definition) is 4. The molecule has 0 saturated heterocycles. The zero-order valence-electron chi connectivity index (χ0n) is 16.7. The van der Waals surface area contributed by atoms with Crippen LogP contribution in [0.15, 0.2) is 29.3 Å². The van der Waals surface area contributed by atoms with E-state index in [4.69, 9.17) is 0 Å². The molecule has 1 N–H and O–H groups in total. The molecule has 28 heavy (non-hydrogen) atoms. The van der Waals surface area contributed by atoms with E-state index in [0.717, 1.165) is 37.3 Å². The third kappa shape index (κ3) is 4.12. The van der Waals surface area contributed by atoms with Gasteiger partial charge in [-0.15, -0.1) is 0 Å². The maximum Gasteiger partial charge on any atom is 0.251 e. The van der Waals surface area contributed by atoms with E-state index in [0.29, 0.717) is 30.8 Å².